The predicted molar refractivity (Wildman–Crippen MR) is 107 cm³/mol. The lowest BCUT2D eigenvalue weighted by molar-refractivity contribution is -0.122. The first kappa shape index (κ1) is 21.4. The van der Waals surface area contributed by atoms with E-state index in [-0.39, 0.29) is 28.8 Å². The first-order valence-electron chi connectivity index (χ1n) is 9.70. The number of carbonyl (C=O) groups excluding carboxylic acids is 1. The number of hydrogen-bond donors (Lipinski definition) is 2. The summed E-state index contributed by atoms with van der Waals surface area (Å²) in [4.78, 5) is 34.3. The SMILES string of the molecule is Cc1nc(N2CCOCC2)[nH]c(=O)c1CCC(=O)NC(C)(C)CC(C)(C)C. The van der Waals surface area contributed by atoms with Crippen LogP contribution in [0.5, 0.6) is 0 Å². The zero-order valence-electron chi connectivity index (χ0n) is 17.6. The van der Waals surface area contributed by atoms with E-state index in [1.54, 1.807) is 0 Å². The van der Waals surface area contributed by atoms with Gasteiger partial charge < -0.3 is 15.0 Å². The van der Waals surface area contributed by atoms with Gasteiger partial charge in [-0.25, -0.2) is 4.98 Å². The minimum Gasteiger partial charge on any atom is -0.378 e. The number of anilines is 1. The highest BCUT2D eigenvalue weighted by molar-refractivity contribution is 5.77. The molecule has 2 rings (SSSR count). The van der Waals surface area contributed by atoms with Crippen molar-refractivity contribution in [1.82, 2.24) is 15.3 Å². The lowest BCUT2D eigenvalue weighted by Crippen LogP contribution is -2.46. The quantitative estimate of drug-likeness (QED) is 0.792. The van der Waals surface area contributed by atoms with Crippen molar-refractivity contribution in [2.45, 2.75) is 66.3 Å². The average Bonchev–Trinajstić information content (AvgIpc) is 2.51. The lowest BCUT2D eigenvalue weighted by atomic mass is 9.81. The number of amides is 1. The second-order valence-corrected chi connectivity index (χ2v) is 9.22. The zero-order chi connectivity index (χ0) is 20.2. The van der Waals surface area contributed by atoms with E-state index >= 15 is 0 Å². The number of carbonyl (C=O) groups is 1. The normalized spacial score (nSPS) is 15.7. The van der Waals surface area contributed by atoms with Crippen LogP contribution in [-0.2, 0) is 16.0 Å². The lowest BCUT2D eigenvalue weighted by Gasteiger charge is -2.33. The monoisotopic (exact) mass is 378 g/mol. The molecule has 27 heavy (non-hydrogen) atoms. The fourth-order valence-electron chi connectivity index (χ4n) is 3.86. The molecule has 1 aliphatic heterocycles. The van der Waals surface area contributed by atoms with E-state index in [1.807, 2.05) is 25.7 Å². The van der Waals surface area contributed by atoms with Crippen molar-refractivity contribution in [3.05, 3.63) is 21.6 Å². The van der Waals surface area contributed by atoms with Crippen LogP contribution in [0.15, 0.2) is 4.79 Å². The topological polar surface area (TPSA) is 87.3 Å². The fraction of sp³-hybridized carbons (Fsp3) is 0.750. The fourth-order valence-corrected chi connectivity index (χ4v) is 3.86. The molecule has 1 fully saturated rings. The first-order valence-corrected chi connectivity index (χ1v) is 9.70. The Balaban J connectivity index is 1.99. The third-order valence-corrected chi connectivity index (χ3v) is 4.57. The van der Waals surface area contributed by atoms with Gasteiger partial charge >= 0.3 is 0 Å². The summed E-state index contributed by atoms with van der Waals surface area (Å²) in [6.07, 6.45) is 1.53. The van der Waals surface area contributed by atoms with E-state index < -0.39 is 0 Å². The molecule has 2 N–H and O–H groups in total. The molecule has 7 heteroatoms. The van der Waals surface area contributed by atoms with Gasteiger partial charge in [-0.05, 0) is 39.0 Å². The Bertz CT molecular complexity index is 713. The van der Waals surface area contributed by atoms with Gasteiger partial charge in [-0.1, -0.05) is 20.8 Å². The second-order valence-electron chi connectivity index (χ2n) is 9.22. The molecule has 2 heterocycles. The number of ether oxygens (including phenoxy) is 1. The Morgan fingerprint density at radius 1 is 1.22 bits per heavy atom. The maximum absolute atomic E-state index is 12.5. The summed E-state index contributed by atoms with van der Waals surface area (Å²) in [5, 5.41) is 3.09. The Kier molecular flexibility index (Phi) is 6.68. The molecule has 1 aromatic heterocycles. The molecule has 0 saturated carbocycles. The molecule has 0 radical (unpaired) electrons. The molecule has 0 bridgehead atoms. The number of morpholine rings is 1. The van der Waals surface area contributed by atoms with Crippen LogP contribution < -0.4 is 15.8 Å². The van der Waals surface area contributed by atoms with Gasteiger partial charge in [-0.15, -0.1) is 0 Å². The summed E-state index contributed by atoms with van der Waals surface area (Å²) in [5.41, 5.74) is 0.947. The highest BCUT2D eigenvalue weighted by Gasteiger charge is 2.27. The van der Waals surface area contributed by atoms with Gasteiger partial charge in [0.25, 0.3) is 5.56 Å². The van der Waals surface area contributed by atoms with Crippen LogP contribution in [0.25, 0.3) is 0 Å². The number of H-pyrrole nitrogens is 1. The third-order valence-electron chi connectivity index (χ3n) is 4.57. The number of aromatic amines is 1. The number of aromatic nitrogens is 2. The molecular formula is C20H34N4O3. The molecule has 0 atom stereocenters. The van der Waals surface area contributed by atoms with Gasteiger partial charge in [0.05, 0.1) is 13.2 Å². The molecule has 0 aliphatic carbocycles. The molecule has 0 aromatic carbocycles. The van der Waals surface area contributed by atoms with Gasteiger partial charge in [0, 0.05) is 36.3 Å². The van der Waals surface area contributed by atoms with E-state index in [0.717, 1.165) is 6.42 Å². The van der Waals surface area contributed by atoms with Crippen molar-refractivity contribution in [2.24, 2.45) is 5.41 Å². The van der Waals surface area contributed by atoms with Gasteiger partial charge in [0.2, 0.25) is 11.9 Å². The van der Waals surface area contributed by atoms with Crippen molar-refractivity contribution in [2.75, 3.05) is 31.2 Å². The van der Waals surface area contributed by atoms with Crippen LogP contribution >= 0.6 is 0 Å². The molecule has 1 aliphatic rings. The summed E-state index contributed by atoms with van der Waals surface area (Å²) >= 11 is 0. The number of nitrogens with zero attached hydrogens (tertiary/aromatic N) is 2. The highest BCUT2D eigenvalue weighted by atomic mass is 16.5. The number of hydrogen-bond acceptors (Lipinski definition) is 5. The van der Waals surface area contributed by atoms with E-state index in [0.29, 0.717) is 49.9 Å². The molecule has 0 spiro atoms. The van der Waals surface area contributed by atoms with Crippen LogP contribution in [0.4, 0.5) is 5.95 Å². The highest BCUT2D eigenvalue weighted by Crippen LogP contribution is 2.26. The van der Waals surface area contributed by atoms with Crippen molar-refractivity contribution in [3.63, 3.8) is 0 Å². The third kappa shape index (κ3) is 6.65. The first-order chi connectivity index (χ1) is 12.5. The van der Waals surface area contributed by atoms with E-state index in [4.69, 9.17) is 4.74 Å². The molecule has 7 nitrogen and oxygen atoms in total. The Hall–Kier alpha value is -1.89. The minimum atomic E-state index is -0.283. The number of rotatable bonds is 6. The minimum absolute atomic E-state index is 0.0414. The van der Waals surface area contributed by atoms with Gasteiger partial charge in [0.15, 0.2) is 0 Å². The summed E-state index contributed by atoms with van der Waals surface area (Å²) in [5.74, 6) is 0.542. The molecule has 152 valence electrons. The zero-order valence-corrected chi connectivity index (χ0v) is 17.6. The Morgan fingerprint density at radius 3 is 2.41 bits per heavy atom. The van der Waals surface area contributed by atoms with E-state index in [9.17, 15) is 9.59 Å². The van der Waals surface area contributed by atoms with Crippen LogP contribution in [0.1, 0.15) is 58.7 Å². The molecule has 1 amide bonds. The summed E-state index contributed by atoms with van der Waals surface area (Å²) in [6, 6.07) is 0. The Labute approximate surface area is 161 Å². The predicted octanol–water partition coefficient (Wildman–Crippen LogP) is 2.18. The number of aryl methyl sites for hydroxylation is 1. The maximum Gasteiger partial charge on any atom is 0.255 e. The van der Waals surface area contributed by atoms with Crippen molar-refractivity contribution in [3.8, 4) is 0 Å². The van der Waals surface area contributed by atoms with Crippen LogP contribution in [0.2, 0.25) is 0 Å². The smallest absolute Gasteiger partial charge is 0.255 e. The van der Waals surface area contributed by atoms with Crippen LogP contribution in [0, 0.1) is 12.3 Å². The Morgan fingerprint density at radius 2 is 1.85 bits per heavy atom. The van der Waals surface area contributed by atoms with Crippen molar-refractivity contribution < 1.29 is 9.53 Å². The van der Waals surface area contributed by atoms with E-state index in [1.165, 1.54) is 0 Å². The van der Waals surface area contributed by atoms with Gasteiger partial charge in [-0.3, -0.25) is 14.6 Å². The van der Waals surface area contributed by atoms with Crippen molar-refractivity contribution >= 4 is 11.9 Å². The summed E-state index contributed by atoms with van der Waals surface area (Å²) in [6.45, 7) is 15.1. The second kappa shape index (κ2) is 8.42. The van der Waals surface area contributed by atoms with Gasteiger partial charge in [-0.2, -0.15) is 0 Å². The summed E-state index contributed by atoms with van der Waals surface area (Å²) in [7, 11) is 0. The van der Waals surface area contributed by atoms with E-state index in [2.05, 4.69) is 36.1 Å². The van der Waals surface area contributed by atoms with Gasteiger partial charge in [0.1, 0.15) is 0 Å². The summed E-state index contributed by atoms with van der Waals surface area (Å²) < 4.78 is 5.33. The standard InChI is InChI=1S/C20H34N4O3/c1-14-15(7-8-16(25)23-20(5,6)13-19(2,3)4)17(26)22-18(21-14)24-9-11-27-12-10-24/h7-13H2,1-6H3,(H,23,25)(H,21,22,26). The van der Waals surface area contributed by atoms with Crippen molar-refractivity contribution in [1.29, 1.82) is 0 Å². The molecule has 1 aromatic rings. The molecule has 1 saturated heterocycles. The average molecular weight is 379 g/mol. The number of nitrogens with one attached hydrogen (secondary N) is 2. The van der Waals surface area contributed by atoms with Crippen LogP contribution in [-0.4, -0.2) is 47.7 Å². The molecule has 0 unspecified atom stereocenters. The largest absolute Gasteiger partial charge is 0.378 e. The van der Waals surface area contributed by atoms with Crippen LogP contribution in [0.3, 0.4) is 0 Å². The maximum atomic E-state index is 12.5. The molecular weight excluding hydrogens is 344 g/mol.